The number of hydrogen-bond acceptors (Lipinski definition) is 4. The van der Waals surface area contributed by atoms with Crippen molar-refractivity contribution in [3.63, 3.8) is 0 Å². The van der Waals surface area contributed by atoms with Crippen molar-refractivity contribution in [3.05, 3.63) is 20.2 Å². The Morgan fingerprint density at radius 2 is 1.00 bits per heavy atom. The van der Waals surface area contributed by atoms with Gasteiger partial charge in [0.15, 0.2) is 0 Å². The predicted molar refractivity (Wildman–Crippen MR) is 21.8 cm³/mol. The van der Waals surface area contributed by atoms with E-state index in [2.05, 4.69) is 0 Å². The Hall–Kier alpha value is -1.93. The van der Waals surface area contributed by atoms with Crippen molar-refractivity contribution in [1.29, 1.82) is 0 Å². The standard InChI is InChI=1S/2HNO3.2N/c2*2-1(3)4;;/h2*(H,2,3,4);;/q;;;+3. The second-order valence-corrected chi connectivity index (χ2v) is 0.476. The van der Waals surface area contributed by atoms with Crippen LogP contribution in [0.4, 0.5) is 0 Å². The highest BCUT2D eigenvalue weighted by Gasteiger charge is 3.00. The van der Waals surface area contributed by atoms with E-state index >= 15 is 0 Å². The molecular formula is H2N4O6+3. The Morgan fingerprint density at radius 1 is 1.00 bits per heavy atom. The van der Waals surface area contributed by atoms with Gasteiger partial charge >= 0.3 is 6.15 Å². The van der Waals surface area contributed by atoms with E-state index in [1.807, 2.05) is 0 Å². The first-order valence-electron chi connectivity index (χ1n) is 1.13. The Morgan fingerprint density at radius 3 is 1.00 bits per heavy atom. The molecule has 0 aliphatic carbocycles. The van der Waals surface area contributed by atoms with Crippen molar-refractivity contribution < 1.29 is 20.6 Å². The first-order chi connectivity index (χ1) is 3.46. The maximum absolute atomic E-state index is 8.36. The molecule has 0 atom stereocenters. The third kappa shape index (κ3) is 41.9. The highest BCUT2D eigenvalue weighted by Crippen LogP contribution is 1.38. The van der Waals surface area contributed by atoms with Crippen molar-refractivity contribution in [2.24, 2.45) is 0 Å². The Labute approximate surface area is 54.5 Å². The lowest BCUT2D eigenvalue weighted by molar-refractivity contribution is -0.742. The van der Waals surface area contributed by atoms with Crippen LogP contribution in [0, 0.1) is 20.2 Å². The molecule has 2 N–H and O–H groups in total. The molecule has 0 fully saturated rings. The molecule has 55 valence electrons. The van der Waals surface area contributed by atoms with Gasteiger partial charge in [-0.25, -0.2) is 0 Å². The Balaban J connectivity index is -0.0000000300. The largest absolute Gasteiger partial charge is 3.00 e. The number of nitrogens with zero attached hydrogens (tertiary/aromatic N) is 4. The Bertz CT molecular complexity index is 67.7. The van der Waals surface area contributed by atoms with E-state index in [9.17, 15) is 0 Å². The molecule has 0 aromatic rings. The summed E-state index contributed by atoms with van der Waals surface area (Å²) in [5, 5.41) is 27.3. The molecular weight excluding hydrogens is 152 g/mol. The lowest BCUT2D eigenvalue weighted by Gasteiger charge is -1.56. The molecule has 0 aliphatic rings. The van der Waals surface area contributed by atoms with Crippen molar-refractivity contribution >= 4 is 0 Å². The molecule has 0 amide bonds. The second-order valence-electron chi connectivity index (χ2n) is 0.476. The summed E-state index contributed by atoms with van der Waals surface area (Å²) in [6.45, 7) is 0. The highest BCUT2D eigenvalue weighted by molar-refractivity contribution is 3.83. The van der Waals surface area contributed by atoms with Gasteiger partial charge in [-0.3, -0.25) is 0 Å². The fourth-order valence-electron chi connectivity index (χ4n) is 0. The van der Waals surface area contributed by atoms with Gasteiger partial charge in [0.25, 0.3) is 10.2 Å². The van der Waals surface area contributed by atoms with E-state index < -0.39 is 10.2 Å². The zero-order valence-electron chi connectivity index (χ0n) is 4.32. The molecule has 0 aromatic carbocycles. The molecule has 0 rings (SSSR count). The van der Waals surface area contributed by atoms with Crippen LogP contribution in [0.1, 0.15) is 0 Å². The summed E-state index contributed by atoms with van der Waals surface area (Å²) in [5.74, 6) is 0. The molecule has 0 spiro atoms. The average Bonchev–Trinajstić information content (AvgIpc) is 1.25. The fraction of sp³-hybridized carbons (Fsp3) is 0. The van der Waals surface area contributed by atoms with Gasteiger partial charge in [0.2, 0.25) is 0 Å². The minimum Gasteiger partial charge on any atom is -0.328 e. The highest BCUT2D eigenvalue weighted by atomic mass is 16.9. The summed E-state index contributed by atoms with van der Waals surface area (Å²) < 4.78 is 0. The van der Waals surface area contributed by atoms with Crippen LogP contribution in [-0.4, -0.2) is 20.6 Å². The molecule has 0 bridgehead atoms. The first kappa shape index (κ1) is 24.4. The summed E-state index contributed by atoms with van der Waals surface area (Å²) in [7, 11) is 0. The Kier molecular flexibility index (Phi) is 38.3. The summed E-state index contributed by atoms with van der Waals surface area (Å²) in [4.78, 5) is 16.7. The van der Waals surface area contributed by atoms with Crippen LogP contribution in [0.2, 0.25) is 0 Å². The van der Waals surface area contributed by atoms with E-state index in [0.717, 1.165) is 0 Å². The SMILES string of the molecule is O=[N+]([O-])O.O=[N+]([O-])O.[N+3].[N]. The second kappa shape index (κ2) is 15.7. The molecule has 10 heteroatoms. The van der Waals surface area contributed by atoms with Crippen LogP contribution >= 0.6 is 0 Å². The molecule has 0 aromatic heterocycles. The average molecular weight is 154 g/mol. The van der Waals surface area contributed by atoms with Gasteiger partial charge in [0.1, 0.15) is 0 Å². The van der Waals surface area contributed by atoms with Gasteiger partial charge in [-0.2, -0.15) is 0 Å². The molecule has 0 aliphatic heterocycles. The van der Waals surface area contributed by atoms with Crippen LogP contribution in [0.5, 0.6) is 0 Å². The predicted octanol–water partition coefficient (Wildman–Crippen LogP) is -1.66. The van der Waals surface area contributed by atoms with E-state index in [1.165, 1.54) is 0 Å². The normalized spacial score (nSPS) is 4.80. The van der Waals surface area contributed by atoms with Crippen molar-refractivity contribution in [3.8, 4) is 0 Å². The van der Waals surface area contributed by atoms with E-state index in [1.54, 1.807) is 0 Å². The smallest absolute Gasteiger partial charge is 0.328 e. The minimum absolute atomic E-state index is 0. The van der Waals surface area contributed by atoms with Gasteiger partial charge in [-0.1, -0.05) is 0 Å². The molecule has 0 saturated carbocycles. The summed E-state index contributed by atoms with van der Waals surface area (Å²) in [5.41, 5.74) is 0. The third-order valence-corrected chi connectivity index (χ3v) is 0. The van der Waals surface area contributed by atoms with E-state index in [4.69, 9.17) is 30.6 Å². The summed E-state index contributed by atoms with van der Waals surface area (Å²) in [6, 6.07) is 0. The van der Waals surface area contributed by atoms with Crippen LogP contribution < -0.4 is 12.3 Å². The van der Waals surface area contributed by atoms with Crippen molar-refractivity contribution in [1.82, 2.24) is 12.3 Å². The molecule has 5 radical (unpaired) electrons. The molecule has 10 nitrogen and oxygen atoms in total. The van der Waals surface area contributed by atoms with Gasteiger partial charge in [0, 0.05) is 6.15 Å². The molecule has 0 unspecified atom stereocenters. The summed E-state index contributed by atoms with van der Waals surface area (Å²) >= 11 is 0. The maximum Gasteiger partial charge on any atom is 3.00 e. The van der Waals surface area contributed by atoms with E-state index in [-0.39, 0.29) is 12.3 Å². The van der Waals surface area contributed by atoms with Crippen LogP contribution in [0.15, 0.2) is 0 Å². The maximum atomic E-state index is 8.36. The third-order valence-electron chi connectivity index (χ3n) is 0. The fourth-order valence-corrected chi connectivity index (χ4v) is 0. The zero-order chi connectivity index (χ0) is 7.15. The van der Waals surface area contributed by atoms with Gasteiger partial charge in [0.05, 0.1) is 0 Å². The molecule has 10 heavy (non-hydrogen) atoms. The zero-order valence-corrected chi connectivity index (χ0v) is 4.32. The van der Waals surface area contributed by atoms with Gasteiger partial charge < -0.3 is 10.4 Å². The van der Waals surface area contributed by atoms with Crippen molar-refractivity contribution in [2.45, 2.75) is 0 Å². The number of hydrogen-bond donors (Lipinski definition) is 2. The van der Waals surface area contributed by atoms with Crippen LogP contribution in [0.25, 0.3) is 0 Å². The number of rotatable bonds is 0. The molecule has 0 saturated heterocycles. The topological polar surface area (TPSA) is 188 Å². The van der Waals surface area contributed by atoms with Crippen molar-refractivity contribution in [2.75, 3.05) is 0 Å². The molecule has 0 heterocycles. The van der Waals surface area contributed by atoms with Crippen LogP contribution in [0.3, 0.4) is 0 Å². The summed E-state index contributed by atoms with van der Waals surface area (Å²) in [6.07, 6.45) is 0. The first-order valence-corrected chi connectivity index (χ1v) is 1.13. The van der Waals surface area contributed by atoms with E-state index in [0.29, 0.717) is 0 Å². The quantitative estimate of drug-likeness (QED) is 0.310. The van der Waals surface area contributed by atoms with Gasteiger partial charge in [-0.15, -0.1) is 20.2 Å². The lowest BCUT2D eigenvalue weighted by atomic mass is 13.1. The lowest BCUT2D eigenvalue weighted by Crippen LogP contribution is -1.81. The monoisotopic (exact) mass is 154 g/mol. The minimum atomic E-state index is -1.50. The van der Waals surface area contributed by atoms with Crippen LogP contribution in [-0.2, 0) is 0 Å². The van der Waals surface area contributed by atoms with Gasteiger partial charge in [-0.05, 0) is 0 Å².